The number of halogens is 6. The lowest BCUT2D eigenvalue weighted by Crippen LogP contribution is -2.19. The monoisotopic (exact) mass is 693 g/mol. The molecule has 2 N–H and O–H groups in total. The molecule has 43 heavy (non-hydrogen) atoms. The Balaban J connectivity index is 1.55. The van der Waals surface area contributed by atoms with Gasteiger partial charge < -0.3 is 4.74 Å². The molecule has 3 heterocycles. The molecule has 0 aliphatic rings. The molecule has 5 rings (SSSR count). The van der Waals surface area contributed by atoms with Gasteiger partial charge in [-0.15, -0.1) is 0 Å². The smallest absolute Gasteiger partial charge is 0.258 e. The number of hydrogen-bond acceptors (Lipinski definition) is 8. The number of para-hydroxylation sites is 1. The van der Waals surface area contributed by atoms with Crippen LogP contribution in [-0.2, 0) is 0 Å². The molecule has 0 fully saturated rings. The number of carbonyl (C=O) groups is 2. The first kappa shape index (κ1) is 30.7. The number of hydrogen-bond donors (Lipinski definition) is 2. The molecule has 0 aliphatic heterocycles. The average Bonchev–Trinajstić information content (AvgIpc) is 2.93. The van der Waals surface area contributed by atoms with E-state index in [2.05, 4.69) is 35.6 Å². The summed E-state index contributed by atoms with van der Waals surface area (Å²) >= 11 is 36.1. The fourth-order valence-corrected chi connectivity index (χ4v) is 4.93. The van der Waals surface area contributed by atoms with E-state index in [0.29, 0.717) is 22.1 Å². The van der Waals surface area contributed by atoms with Crippen molar-refractivity contribution in [3.8, 4) is 22.9 Å². The molecule has 216 valence electrons. The van der Waals surface area contributed by atoms with Gasteiger partial charge in [-0.25, -0.2) is 9.97 Å². The minimum atomic E-state index is -0.661. The first-order chi connectivity index (χ1) is 20.5. The van der Waals surface area contributed by atoms with Crippen LogP contribution in [0.5, 0.6) is 11.5 Å². The van der Waals surface area contributed by atoms with Crippen molar-refractivity contribution >= 4 is 93.3 Å². The molecule has 0 radical (unpaired) electrons. The molecule has 0 aliphatic carbocycles. The van der Waals surface area contributed by atoms with Gasteiger partial charge in [-0.05, 0) is 54.6 Å². The maximum Gasteiger partial charge on any atom is 0.258 e. The summed E-state index contributed by atoms with van der Waals surface area (Å²) in [5, 5.41) is 5.81. The molecule has 5 aromatic rings. The number of ether oxygens (including phenoxy) is 1. The third-order valence-corrected chi connectivity index (χ3v) is 6.68. The van der Waals surface area contributed by atoms with E-state index in [4.69, 9.17) is 74.3 Å². The minimum Gasteiger partial charge on any atom is -0.455 e. The number of benzene rings is 2. The molecular weight excluding hydrogens is 683 g/mol. The average molecular weight is 696 g/mol. The Morgan fingerprint density at radius 1 is 0.581 bits per heavy atom. The molecular formula is C27H13Cl6N7O3. The van der Waals surface area contributed by atoms with Gasteiger partial charge in [-0.2, -0.15) is 15.0 Å². The SMILES string of the molecule is O=C(Nc1nc(NC(=O)c2cc(Cl)nc(Cl)c2)nc(-c2ccccc2Oc2ccc(Cl)cc2Cl)n1)c1cc(Cl)nc(Cl)c1. The summed E-state index contributed by atoms with van der Waals surface area (Å²) in [6.07, 6.45) is 0. The molecule has 0 atom stereocenters. The summed E-state index contributed by atoms with van der Waals surface area (Å²) in [7, 11) is 0. The summed E-state index contributed by atoms with van der Waals surface area (Å²) in [5.74, 6) is -1.13. The van der Waals surface area contributed by atoms with E-state index in [1.807, 2.05) is 0 Å². The topological polar surface area (TPSA) is 132 Å². The van der Waals surface area contributed by atoms with Crippen LogP contribution in [0.25, 0.3) is 11.4 Å². The highest BCUT2D eigenvalue weighted by Gasteiger charge is 2.19. The van der Waals surface area contributed by atoms with E-state index in [9.17, 15) is 9.59 Å². The first-order valence-corrected chi connectivity index (χ1v) is 14.1. The highest BCUT2D eigenvalue weighted by atomic mass is 35.5. The van der Waals surface area contributed by atoms with Crippen molar-refractivity contribution in [2.75, 3.05) is 10.6 Å². The Morgan fingerprint density at radius 3 is 1.60 bits per heavy atom. The molecule has 2 aromatic carbocycles. The van der Waals surface area contributed by atoms with Crippen molar-refractivity contribution in [2.45, 2.75) is 0 Å². The Labute approximate surface area is 273 Å². The molecule has 10 nitrogen and oxygen atoms in total. The van der Waals surface area contributed by atoms with E-state index < -0.39 is 11.8 Å². The Kier molecular flexibility index (Phi) is 9.46. The zero-order valence-corrected chi connectivity index (χ0v) is 25.6. The van der Waals surface area contributed by atoms with E-state index in [0.717, 1.165) is 0 Å². The van der Waals surface area contributed by atoms with Gasteiger partial charge in [0.2, 0.25) is 11.9 Å². The highest BCUT2D eigenvalue weighted by molar-refractivity contribution is 6.35. The van der Waals surface area contributed by atoms with Crippen LogP contribution in [0.4, 0.5) is 11.9 Å². The largest absolute Gasteiger partial charge is 0.455 e. The second-order valence-corrected chi connectivity index (χ2v) is 10.8. The lowest BCUT2D eigenvalue weighted by atomic mass is 10.2. The number of carbonyl (C=O) groups excluding carboxylic acids is 2. The minimum absolute atomic E-state index is 0.00328. The number of anilines is 2. The summed E-state index contributed by atoms with van der Waals surface area (Å²) in [6, 6.07) is 16.7. The van der Waals surface area contributed by atoms with Crippen LogP contribution in [0.3, 0.4) is 0 Å². The third-order valence-electron chi connectivity index (χ3n) is 5.38. The van der Waals surface area contributed by atoms with Gasteiger partial charge in [0.15, 0.2) is 5.82 Å². The predicted molar refractivity (Wildman–Crippen MR) is 166 cm³/mol. The van der Waals surface area contributed by atoms with E-state index in [1.54, 1.807) is 36.4 Å². The number of nitrogens with one attached hydrogen (secondary N) is 2. The summed E-state index contributed by atoms with van der Waals surface area (Å²) in [4.78, 5) is 46.7. The Bertz CT molecular complexity index is 1770. The van der Waals surface area contributed by atoms with Crippen molar-refractivity contribution in [1.29, 1.82) is 0 Å². The molecule has 0 saturated heterocycles. The number of nitrogens with zero attached hydrogens (tertiary/aromatic N) is 5. The fourth-order valence-electron chi connectivity index (χ4n) is 3.56. The fraction of sp³-hybridized carbons (Fsp3) is 0. The predicted octanol–water partition coefficient (Wildman–Crippen LogP) is 8.55. The molecule has 0 saturated carbocycles. The number of rotatable bonds is 7. The lowest BCUT2D eigenvalue weighted by molar-refractivity contribution is 0.101. The van der Waals surface area contributed by atoms with E-state index in [-0.39, 0.29) is 54.5 Å². The van der Waals surface area contributed by atoms with Gasteiger partial charge in [-0.1, -0.05) is 81.7 Å². The van der Waals surface area contributed by atoms with Gasteiger partial charge in [0.05, 0.1) is 10.6 Å². The van der Waals surface area contributed by atoms with Crippen LogP contribution < -0.4 is 15.4 Å². The van der Waals surface area contributed by atoms with Crippen LogP contribution >= 0.6 is 69.6 Å². The summed E-state index contributed by atoms with van der Waals surface area (Å²) in [6.45, 7) is 0. The third kappa shape index (κ3) is 7.80. The van der Waals surface area contributed by atoms with Gasteiger partial charge in [0, 0.05) is 16.1 Å². The normalized spacial score (nSPS) is 10.7. The summed E-state index contributed by atoms with van der Waals surface area (Å²) in [5.41, 5.74) is 0.534. The van der Waals surface area contributed by atoms with E-state index in [1.165, 1.54) is 30.3 Å². The van der Waals surface area contributed by atoms with Gasteiger partial charge in [0.25, 0.3) is 11.8 Å². The Hall–Kier alpha value is -3.77. The standard InChI is InChI=1S/C27H13Cl6N7O3/c28-14-5-6-18(16(29)11-14)43-17-4-2-1-3-15(17)23-36-26(38-24(41)12-7-19(30)34-20(31)8-12)40-27(37-23)39-25(42)13-9-21(32)35-22(33)10-13/h1-11H,(H2,36,37,38,39,40,41,42). The van der Waals surface area contributed by atoms with Crippen LogP contribution in [0.2, 0.25) is 30.7 Å². The second-order valence-electron chi connectivity index (χ2n) is 8.39. The van der Waals surface area contributed by atoms with Crippen LogP contribution in [0.15, 0.2) is 66.7 Å². The lowest BCUT2D eigenvalue weighted by Gasteiger charge is -2.13. The van der Waals surface area contributed by atoms with Crippen molar-refractivity contribution in [2.24, 2.45) is 0 Å². The molecule has 0 unspecified atom stereocenters. The molecule has 2 amide bonds. The van der Waals surface area contributed by atoms with Crippen LogP contribution in [0.1, 0.15) is 20.7 Å². The molecule has 0 bridgehead atoms. The maximum atomic E-state index is 13.0. The van der Waals surface area contributed by atoms with Crippen LogP contribution in [0, 0.1) is 0 Å². The highest BCUT2D eigenvalue weighted by Crippen LogP contribution is 2.36. The Morgan fingerprint density at radius 2 is 1.09 bits per heavy atom. The van der Waals surface area contributed by atoms with Crippen molar-refractivity contribution in [3.05, 3.63) is 109 Å². The van der Waals surface area contributed by atoms with Gasteiger partial charge >= 0.3 is 0 Å². The second kappa shape index (κ2) is 13.3. The van der Waals surface area contributed by atoms with Gasteiger partial charge in [-0.3, -0.25) is 20.2 Å². The van der Waals surface area contributed by atoms with Crippen LogP contribution in [-0.4, -0.2) is 36.7 Å². The number of aromatic nitrogens is 5. The number of amides is 2. The van der Waals surface area contributed by atoms with Crippen molar-refractivity contribution in [3.63, 3.8) is 0 Å². The zero-order valence-electron chi connectivity index (χ0n) is 21.1. The maximum absolute atomic E-state index is 13.0. The first-order valence-electron chi connectivity index (χ1n) is 11.8. The number of pyridine rings is 2. The van der Waals surface area contributed by atoms with E-state index >= 15 is 0 Å². The quantitative estimate of drug-likeness (QED) is 0.162. The summed E-state index contributed by atoms with van der Waals surface area (Å²) < 4.78 is 6.04. The zero-order chi connectivity index (χ0) is 30.7. The van der Waals surface area contributed by atoms with Gasteiger partial charge in [0.1, 0.15) is 32.1 Å². The molecule has 16 heteroatoms. The molecule has 3 aromatic heterocycles. The molecule has 0 spiro atoms. The van der Waals surface area contributed by atoms with Crippen molar-refractivity contribution < 1.29 is 14.3 Å². The van der Waals surface area contributed by atoms with Crippen molar-refractivity contribution in [1.82, 2.24) is 24.9 Å².